The van der Waals surface area contributed by atoms with Crippen LogP contribution < -0.4 is 5.32 Å². The van der Waals surface area contributed by atoms with Gasteiger partial charge in [0.1, 0.15) is 0 Å². The minimum atomic E-state index is 0.743. The number of nitrogens with one attached hydrogen (secondary N) is 1. The minimum absolute atomic E-state index is 0.743. The molecule has 0 amide bonds. The van der Waals surface area contributed by atoms with Gasteiger partial charge in [0.15, 0.2) is 0 Å². The Morgan fingerprint density at radius 2 is 1.83 bits per heavy atom. The fraction of sp³-hybridized carbons (Fsp3) is 0.455. The number of hydrogen-bond donors (Lipinski definition) is 1. The van der Waals surface area contributed by atoms with E-state index in [9.17, 15) is 0 Å². The topological polar surface area (TPSA) is 12.0 Å². The Bertz CT molecular complexity index is 246. The summed E-state index contributed by atoms with van der Waals surface area (Å²) in [6.45, 7) is 2.12. The van der Waals surface area contributed by atoms with Crippen LogP contribution in [0.4, 0.5) is 5.69 Å². The Balaban J connectivity index is 1.98. The van der Waals surface area contributed by atoms with E-state index in [1.54, 1.807) is 0 Å². The van der Waals surface area contributed by atoms with Crippen LogP contribution in [0.25, 0.3) is 0 Å². The van der Waals surface area contributed by atoms with Crippen LogP contribution in [0.3, 0.4) is 0 Å². The average Bonchev–Trinajstić information content (AvgIpc) is 2.00. The summed E-state index contributed by atoms with van der Waals surface area (Å²) in [6, 6.07) is 9.37. The molecule has 0 aromatic heterocycles. The third-order valence-electron chi connectivity index (χ3n) is 2.53. The molecule has 1 nitrogen and oxygen atoms in total. The Hall–Kier alpha value is -0.980. The zero-order chi connectivity index (χ0) is 8.39. The summed E-state index contributed by atoms with van der Waals surface area (Å²) in [6.07, 6.45) is 4.07. The van der Waals surface area contributed by atoms with Crippen molar-refractivity contribution in [2.24, 2.45) is 0 Å². The summed E-state index contributed by atoms with van der Waals surface area (Å²) in [5, 5.41) is 3.51. The van der Waals surface area contributed by atoms with Crippen molar-refractivity contribution in [2.75, 3.05) is 5.32 Å². The third-order valence-corrected chi connectivity index (χ3v) is 2.53. The van der Waals surface area contributed by atoms with Crippen molar-refractivity contribution in [1.29, 1.82) is 0 Å². The fourth-order valence-electron chi connectivity index (χ4n) is 1.44. The van der Waals surface area contributed by atoms with Crippen LogP contribution in [0.15, 0.2) is 24.3 Å². The molecular formula is C11H15N. The van der Waals surface area contributed by atoms with E-state index in [-0.39, 0.29) is 0 Å². The lowest BCUT2D eigenvalue weighted by atomic mass is 9.93. The minimum Gasteiger partial charge on any atom is -0.382 e. The van der Waals surface area contributed by atoms with Gasteiger partial charge in [0, 0.05) is 11.7 Å². The van der Waals surface area contributed by atoms with Crippen molar-refractivity contribution in [3.8, 4) is 0 Å². The number of anilines is 1. The van der Waals surface area contributed by atoms with E-state index in [0.29, 0.717) is 0 Å². The lowest BCUT2D eigenvalue weighted by Gasteiger charge is -2.27. The molecule has 1 aromatic rings. The first kappa shape index (κ1) is 7.66. The Labute approximate surface area is 73.8 Å². The second-order valence-electron chi connectivity index (χ2n) is 3.64. The molecule has 1 fully saturated rings. The largest absolute Gasteiger partial charge is 0.382 e. The summed E-state index contributed by atoms with van der Waals surface area (Å²) in [5.41, 5.74) is 2.60. The fourth-order valence-corrected chi connectivity index (χ4v) is 1.44. The Morgan fingerprint density at radius 3 is 2.33 bits per heavy atom. The summed E-state index contributed by atoms with van der Waals surface area (Å²) >= 11 is 0. The molecule has 1 saturated carbocycles. The van der Waals surface area contributed by atoms with E-state index in [2.05, 4.69) is 36.5 Å². The molecule has 1 heteroatoms. The van der Waals surface area contributed by atoms with Gasteiger partial charge < -0.3 is 5.32 Å². The second-order valence-corrected chi connectivity index (χ2v) is 3.64. The van der Waals surface area contributed by atoms with Gasteiger partial charge in [-0.3, -0.25) is 0 Å². The number of rotatable bonds is 2. The summed E-state index contributed by atoms with van der Waals surface area (Å²) in [5.74, 6) is 0. The molecule has 1 aromatic carbocycles. The van der Waals surface area contributed by atoms with Gasteiger partial charge in [0.25, 0.3) is 0 Å². The average molecular weight is 161 g/mol. The number of benzene rings is 1. The van der Waals surface area contributed by atoms with Crippen LogP contribution in [-0.4, -0.2) is 6.04 Å². The van der Waals surface area contributed by atoms with E-state index in [0.717, 1.165) is 6.04 Å². The van der Waals surface area contributed by atoms with Gasteiger partial charge >= 0.3 is 0 Å². The first-order chi connectivity index (χ1) is 5.84. The lowest BCUT2D eigenvalue weighted by Crippen LogP contribution is -2.26. The van der Waals surface area contributed by atoms with Crippen molar-refractivity contribution >= 4 is 5.69 Å². The molecule has 64 valence electrons. The highest BCUT2D eigenvalue weighted by molar-refractivity contribution is 5.45. The molecule has 0 heterocycles. The summed E-state index contributed by atoms with van der Waals surface area (Å²) < 4.78 is 0. The van der Waals surface area contributed by atoms with E-state index in [1.165, 1.54) is 30.5 Å². The Kier molecular flexibility index (Phi) is 2.03. The van der Waals surface area contributed by atoms with Gasteiger partial charge in [-0.15, -0.1) is 0 Å². The molecule has 0 aliphatic heterocycles. The maximum atomic E-state index is 3.51. The van der Waals surface area contributed by atoms with Crippen molar-refractivity contribution in [2.45, 2.75) is 32.2 Å². The number of hydrogen-bond acceptors (Lipinski definition) is 1. The Morgan fingerprint density at radius 1 is 1.17 bits per heavy atom. The smallest absolute Gasteiger partial charge is 0.0342 e. The van der Waals surface area contributed by atoms with E-state index >= 15 is 0 Å². The summed E-state index contributed by atoms with van der Waals surface area (Å²) in [7, 11) is 0. The lowest BCUT2D eigenvalue weighted by molar-refractivity contribution is 0.445. The third kappa shape index (κ3) is 1.60. The maximum absolute atomic E-state index is 3.51. The standard InChI is InChI=1S/C11H15N/c1-9-5-7-11(8-6-9)12-10-3-2-4-10/h5-8,10,12H,2-4H2,1H3. The van der Waals surface area contributed by atoms with Gasteiger partial charge in [-0.25, -0.2) is 0 Å². The van der Waals surface area contributed by atoms with Gasteiger partial charge in [-0.05, 0) is 38.3 Å². The van der Waals surface area contributed by atoms with Gasteiger partial charge in [0.05, 0.1) is 0 Å². The molecule has 2 rings (SSSR count). The van der Waals surface area contributed by atoms with Crippen molar-refractivity contribution in [3.63, 3.8) is 0 Å². The van der Waals surface area contributed by atoms with E-state index < -0.39 is 0 Å². The first-order valence-corrected chi connectivity index (χ1v) is 4.68. The first-order valence-electron chi connectivity index (χ1n) is 4.68. The highest BCUT2D eigenvalue weighted by Gasteiger charge is 2.16. The number of aryl methyl sites for hydroxylation is 1. The molecule has 0 radical (unpaired) electrons. The molecule has 0 atom stereocenters. The van der Waals surface area contributed by atoms with Gasteiger partial charge in [0.2, 0.25) is 0 Å². The molecule has 1 aliphatic carbocycles. The molecular weight excluding hydrogens is 146 g/mol. The van der Waals surface area contributed by atoms with Crippen molar-refractivity contribution < 1.29 is 0 Å². The molecule has 1 N–H and O–H groups in total. The maximum Gasteiger partial charge on any atom is 0.0342 e. The van der Waals surface area contributed by atoms with E-state index in [1.807, 2.05) is 0 Å². The molecule has 1 aliphatic rings. The van der Waals surface area contributed by atoms with Crippen molar-refractivity contribution in [1.82, 2.24) is 0 Å². The SMILES string of the molecule is Cc1ccc(NC2CCC2)cc1. The highest BCUT2D eigenvalue weighted by Crippen LogP contribution is 2.23. The molecule has 12 heavy (non-hydrogen) atoms. The quantitative estimate of drug-likeness (QED) is 0.703. The van der Waals surface area contributed by atoms with Gasteiger partial charge in [-0.1, -0.05) is 17.7 Å². The normalized spacial score (nSPS) is 17.1. The monoisotopic (exact) mass is 161 g/mol. The van der Waals surface area contributed by atoms with Gasteiger partial charge in [-0.2, -0.15) is 0 Å². The molecule has 0 spiro atoms. The van der Waals surface area contributed by atoms with Crippen LogP contribution in [0.5, 0.6) is 0 Å². The second kappa shape index (κ2) is 3.18. The van der Waals surface area contributed by atoms with Crippen LogP contribution in [0, 0.1) is 6.92 Å². The van der Waals surface area contributed by atoms with E-state index in [4.69, 9.17) is 0 Å². The van der Waals surface area contributed by atoms with Crippen molar-refractivity contribution in [3.05, 3.63) is 29.8 Å². The van der Waals surface area contributed by atoms with Crippen LogP contribution in [0.2, 0.25) is 0 Å². The van der Waals surface area contributed by atoms with Crippen LogP contribution in [-0.2, 0) is 0 Å². The zero-order valence-electron chi connectivity index (χ0n) is 7.51. The summed E-state index contributed by atoms with van der Waals surface area (Å²) in [4.78, 5) is 0. The molecule has 0 saturated heterocycles. The van der Waals surface area contributed by atoms with Crippen LogP contribution in [0.1, 0.15) is 24.8 Å². The van der Waals surface area contributed by atoms with Crippen LogP contribution >= 0.6 is 0 Å². The highest BCUT2D eigenvalue weighted by atomic mass is 14.9. The zero-order valence-corrected chi connectivity index (χ0v) is 7.51. The predicted molar refractivity (Wildman–Crippen MR) is 52.4 cm³/mol. The predicted octanol–water partition coefficient (Wildman–Crippen LogP) is 2.96. The molecule has 0 bridgehead atoms. The molecule has 0 unspecified atom stereocenters.